The van der Waals surface area contributed by atoms with Crippen LogP contribution in [0.4, 0.5) is 11.4 Å². The molecule has 0 radical (unpaired) electrons. The number of nitrogens with two attached hydrogens (primary N) is 1. The van der Waals surface area contributed by atoms with Gasteiger partial charge in [0.15, 0.2) is 0 Å². The molecule has 0 aliphatic rings. The Hall–Kier alpha value is -1.22. The third-order valence-corrected chi connectivity index (χ3v) is 3.07. The first-order valence-electron chi connectivity index (χ1n) is 6.49. The van der Waals surface area contributed by atoms with Gasteiger partial charge in [0.05, 0.1) is 11.4 Å². The van der Waals surface area contributed by atoms with Crippen LogP contribution < -0.4 is 11.1 Å². The second-order valence-electron chi connectivity index (χ2n) is 4.40. The van der Waals surface area contributed by atoms with Gasteiger partial charge < -0.3 is 16.0 Å². The second kappa shape index (κ2) is 7.17. The van der Waals surface area contributed by atoms with Crippen LogP contribution in [0.25, 0.3) is 0 Å². The minimum Gasteiger partial charge on any atom is -0.397 e. The number of hydrogen-bond donors (Lipinski definition) is 2. The number of aryl methyl sites for hydroxylation is 1. The lowest BCUT2D eigenvalue weighted by Crippen LogP contribution is -2.25. The van der Waals surface area contributed by atoms with E-state index in [1.807, 2.05) is 6.07 Å². The molecule has 0 aliphatic heterocycles. The minimum absolute atomic E-state index is 0.841. The van der Waals surface area contributed by atoms with Crippen molar-refractivity contribution in [1.82, 2.24) is 4.90 Å². The van der Waals surface area contributed by atoms with Gasteiger partial charge in [-0.1, -0.05) is 19.9 Å². The molecule has 17 heavy (non-hydrogen) atoms. The molecule has 3 N–H and O–H groups in total. The normalized spacial score (nSPS) is 10.8. The number of rotatable bonds is 7. The standard InChI is InChI=1S/C14H25N3/c1-4-17(5-2)10-6-9-16-14-8-7-12(3)11-13(14)15/h7-8,11,16H,4-6,9-10,15H2,1-3H3. The van der Waals surface area contributed by atoms with Gasteiger partial charge in [0, 0.05) is 6.54 Å². The van der Waals surface area contributed by atoms with Crippen molar-refractivity contribution >= 4 is 11.4 Å². The summed E-state index contributed by atoms with van der Waals surface area (Å²) in [5.41, 5.74) is 9.04. The lowest BCUT2D eigenvalue weighted by molar-refractivity contribution is 0.303. The molecule has 1 aromatic carbocycles. The van der Waals surface area contributed by atoms with Crippen LogP contribution in [0.1, 0.15) is 25.8 Å². The Labute approximate surface area is 105 Å². The first-order valence-corrected chi connectivity index (χ1v) is 6.49. The Kier molecular flexibility index (Phi) is 5.84. The summed E-state index contributed by atoms with van der Waals surface area (Å²) in [5.74, 6) is 0. The lowest BCUT2D eigenvalue weighted by Gasteiger charge is -2.18. The highest BCUT2D eigenvalue weighted by Gasteiger charge is 2.00. The van der Waals surface area contributed by atoms with Crippen molar-refractivity contribution in [2.75, 3.05) is 37.2 Å². The number of nitrogens with one attached hydrogen (secondary N) is 1. The highest BCUT2D eigenvalue weighted by Crippen LogP contribution is 2.19. The predicted octanol–water partition coefficient (Wildman–Crippen LogP) is 2.72. The van der Waals surface area contributed by atoms with Gasteiger partial charge >= 0.3 is 0 Å². The van der Waals surface area contributed by atoms with Gasteiger partial charge in [-0.2, -0.15) is 0 Å². The summed E-state index contributed by atoms with van der Waals surface area (Å²) in [6, 6.07) is 6.15. The Balaban J connectivity index is 2.31. The van der Waals surface area contributed by atoms with Crippen LogP contribution in [0.5, 0.6) is 0 Å². The Bertz CT molecular complexity index is 332. The van der Waals surface area contributed by atoms with Crippen LogP contribution in [-0.2, 0) is 0 Å². The topological polar surface area (TPSA) is 41.3 Å². The largest absolute Gasteiger partial charge is 0.397 e. The summed E-state index contributed by atoms with van der Waals surface area (Å²) in [6.45, 7) is 10.8. The van der Waals surface area contributed by atoms with Gasteiger partial charge in [-0.05, 0) is 50.7 Å². The fourth-order valence-corrected chi connectivity index (χ4v) is 1.91. The van der Waals surface area contributed by atoms with Crippen LogP contribution in [0.2, 0.25) is 0 Å². The molecule has 0 spiro atoms. The summed E-state index contributed by atoms with van der Waals surface area (Å²) in [5, 5.41) is 3.39. The SMILES string of the molecule is CCN(CC)CCCNc1ccc(C)cc1N. The predicted molar refractivity (Wildman–Crippen MR) is 76.5 cm³/mol. The maximum atomic E-state index is 5.94. The van der Waals surface area contributed by atoms with E-state index < -0.39 is 0 Å². The van der Waals surface area contributed by atoms with Crippen LogP contribution in [0, 0.1) is 6.92 Å². The first-order chi connectivity index (χ1) is 8.17. The molecule has 0 aromatic heterocycles. The van der Waals surface area contributed by atoms with Gasteiger partial charge in [-0.3, -0.25) is 0 Å². The molecule has 1 aromatic rings. The zero-order valence-corrected chi connectivity index (χ0v) is 11.3. The molecule has 0 unspecified atom stereocenters. The van der Waals surface area contributed by atoms with E-state index in [4.69, 9.17) is 5.73 Å². The van der Waals surface area contributed by atoms with Crippen molar-refractivity contribution in [2.45, 2.75) is 27.2 Å². The average molecular weight is 235 g/mol. The number of benzene rings is 1. The molecule has 0 fully saturated rings. The van der Waals surface area contributed by atoms with E-state index in [0.717, 1.165) is 44.0 Å². The molecule has 0 heterocycles. The fraction of sp³-hybridized carbons (Fsp3) is 0.571. The second-order valence-corrected chi connectivity index (χ2v) is 4.40. The van der Waals surface area contributed by atoms with Crippen molar-refractivity contribution in [3.8, 4) is 0 Å². The number of hydrogen-bond acceptors (Lipinski definition) is 3. The molecule has 3 nitrogen and oxygen atoms in total. The van der Waals surface area contributed by atoms with Crippen molar-refractivity contribution in [2.24, 2.45) is 0 Å². The highest BCUT2D eigenvalue weighted by molar-refractivity contribution is 5.66. The monoisotopic (exact) mass is 235 g/mol. The lowest BCUT2D eigenvalue weighted by atomic mass is 10.2. The van der Waals surface area contributed by atoms with Crippen LogP contribution >= 0.6 is 0 Å². The number of nitrogens with zero attached hydrogens (tertiary/aromatic N) is 1. The van der Waals surface area contributed by atoms with E-state index in [9.17, 15) is 0 Å². The number of nitrogen functional groups attached to an aromatic ring is 1. The van der Waals surface area contributed by atoms with E-state index >= 15 is 0 Å². The quantitative estimate of drug-likeness (QED) is 0.564. The molecule has 0 amide bonds. The zero-order chi connectivity index (χ0) is 12.7. The first kappa shape index (κ1) is 13.8. The third-order valence-electron chi connectivity index (χ3n) is 3.07. The summed E-state index contributed by atoms with van der Waals surface area (Å²) in [6.07, 6.45) is 1.15. The van der Waals surface area contributed by atoms with Crippen LogP contribution in [0.15, 0.2) is 18.2 Å². The minimum atomic E-state index is 0.841. The van der Waals surface area contributed by atoms with E-state index in [-0.39, 0.29) is 0 Å². The van der Waals surface area contributed by atoms with E-state index in [0.29, 0.717) is 0 Å². The Morgan fingerprint density at radius 3 is 2.53 bits per heavy atom. The molecular weight excluding hydrogens is 210 g/mol. The molecule has 0 saturated heterocycles. The Morgan fingerprint density at radius 2 is 1.94 bits per heavy atom. The molecule has 0 atom stereocenters. The Morgan fingerprint density at radius 1 is 1.24 bits per heavy atom. The summed E-state index contributed by atoms with van der Waals surface area (Å²) >= 11 is 0. The molecule has 1 rings (SSSR count). The van der Waals surface area contributed by atoms with E-state index in [1.165, 1.54) is 5.56 Å². The maximum absolute atomic E-state index is 5.94. The van der Waals surface area contributed by atoms with E-state index in [2.05, 4.69) is 43.1 Å². The molecule has 96 valence electrons. The maximum Gasteiger partial charge on any atom is 0.0574 e. The molecular formula is C14H25N3. The van der Waals surface area contributed by atoms with Gasteiger partial charge in [0.25, 0.3) is 0 Å². The molecule has 0 saturated carbocycles. The van der Waals surface area contributed by atoms with Crippen molar-refractivity contribution < 1.29 is 0 Å². The average Bonchev–Trinajstić information content (AvgIpc) is 2.32. The van der Waals surface area contributed by atoms with Gasteiger partial charge in [0.1, 0.15) is 0 Å². The van der Waals surface area contributed by atoms with Crippen molar-refractivity contribution in [1.29, 1.82) is 0 Å². The van der Waals surface area contributed by atoms with Crippen LogP contribution in [0.3, 0.4) is 0 Å². The van der Waals surface area contributed by atoms with Gasteiger partial charge in [-0.25, -0.2) is 0 Å². The van der Waals surface area contributed by atoms with Gasteiger partial charge in [-0.15, -0.1) is 0 Å². The molecule has 0 aliphatic carbocycles. The van der Waals surface area contributed by atoms with Crippen LogP contribution in [-0.4, -0.2) is 31.1 Å². The summed E-state index contributed by atoms with van der Waals surface area (Å²) in [7, 11) is 0. The smallest absolute Gasteiger partial charge is 0.0574 e. The highest BCUT2D eigenvalue weighted by atomic mass is 15.1. The third kappa shape index (κ3) is 4.65. The van der Waals surface area contributed by atoms with Gasteiger partial charge in [0.2, 0.25) is 0 Å². The van der Waals surface area contributed by atoms with Crippen molar-refractivity contribution in [3.63, 3.8) is 0 Å². The zero-order valence-electron chi connectivity index (χ0n) is 11.3. The summed E-state index contributed by atoms with van der Waals surface area (Å²) < 4.78 is 0. The van der Waals surface area contributed by atoms with Crippen molar-refractivity contribution in [3.05, 3.63) is 23.8 Å². The summed E-state index contributed by atoms with van der Waals surface area (Å²) in [4.78, 5) is 2.43. The molecule has 0 bridgehead atoms. The number of anilines is 2. The van der Waals surface area contributed by atoms with E-state index in [1.54, 1.807) is 0 Å². The molecule has 3 heteroatoms. The fourth-order valence-electron chi connectivity index (χ4n) is 1.91.